The Kier molecular flexibility index (Phi) is 4.79. The lowest BCUT2D eigenvalue weighted by Crippen LogP contribution is -2.34. The van der Waals surface area contributed by atoms with Crippen molar-refractivity contribution >= 4 is 0 Å². The number of hydrogen-bond acceptors (Lipinski definition) is 2. The maximum Gasteiger partial charge on any atom is 0.0933 e. The molecule has 0 aliphatic heterocycles. The molecular formula is C13H21NO. The number of nitrogens with one attached hydrogen (secondary N) is 1. The van der Waals surface area contributed by atoms with Crippen LogP contribution in [0.3, 0.4) is 0 Å². The van der Waals surface area contributed by atoms with Crippen LogP contribution in [0.15, 0.2) is 36.0 Å². The van der Waals surface area contributed by atoms with E-state index in [0.29, 0.717) is 12.0 Å². The molecule has 84 valence electrons. The van der Waals surface area contributed by atoms with Crippen LogP contribution < -0.4 is 5.32 Å². The van der Waals surface area contributed by atoms with Gasteiger partial charge in [-0.05, 0) is 31.3 Å². The molecule has 0 saturated carbocycles. The van der Waals surface area contributed by atoms with Crippen molar-refractivity contribution in [3.63, 3.8) is 0 Å². The van der Waals surface area contributed by atoms with Crippen molar-refractivity contribution in [1.29, 1.82) is 0 Å². The van der Waals surface area contributed by atoms with Crippen LogP contribution in [-0.4, -0.2) is 17.9 Å². The van der Waals surface area contributed by atoms with Crippen molar-refractivity contribution in [3.05, 3.63) is 36.0 Å². The Balaban J connectivity index is 2.74. The Morgan fingerprint density at radius 3 is 2.87 bits per heavy atom. The minimum Gasteiger partial charge on any atom is -0.381 e. The molecule has 0 fully saturated rings. The first-order chi connectivity index (χ1) is 7.19. The zero-order valence-electron chi connectivity index (χ0n) is 9.66. The largest absolute Gasteiger partial charge is 0.381 e. The molecule has 1 rings (SSSR count). The summed E-state index contributed by atoms with van der Waals surface area (Å²) in [6.07, 6.45) is 8.08. The Morgan fingerprint density at radius 1 is 1.60 bits per heavy atom. The number of aliphatic hydroxyl groups is 1. The van der Waals surface area contributed by atoms with Crippen molar-refractivity contribution in [2.75, 3.05) is 6.73 Å². The van der Waals surface area contributed by atoms with E-state index in [2.05, 4.69) is 31.8 Å². The van der Waals surface area contributed by atoms with Crippen molar-refractivity contribution < 1.29 is 5.11 Å². The fourth-order valence-electron chi connectivity index (χ4n) is 2.31. The van der Waals surface area contributed by atoms with Crippen LogP contribution in [0, 0.1) is 5.92 Å². The first kappa shape index (κ1) is 12.2. The molecule has 1 aliphatic carbocycles. The van der Waals surface area contributed by atoms with Crippen LogP contribution in [0.1, 0.15) is 26.7 Å². The topological polar surface area (TPSA) is 32.3 Å². The quantitative estimate of drug-likeness (QED) is 0.548. The highest BCUT2D eigenvalue weighted by molar-refractivity contribution is 5.31. The lowest BCUT2D eigenvalue weighted by Gasteiger charge is -2.29. The molecule has 0 aromatic heterocycles. The van der Waals surface area contributed by atoms with Gasteiger partial charge in [0.2, 0.25) is 0 Å². The highest BCUT2D eigenvalue weighted by Gasteiger charge is 2.22. The Morgan fingerprint density at radius 2 is 2.33 bits per heavy atom. The Bertz CT molecular complexity index is 278. The van der Waals surface area contributed by atoms with E-state index in [1.807, 2.05) is 12.2 Å². The van der Waals surface area contributed by atoms with Crippen LogP contribution in [0.5, 0.6) is 0 Å². The third-order valence-corrected chi connectivity index (χ3v) is 3.01. The van der Waals surface area contributed by atoms with Gasteiger partial charge in [0.1, 0.15) is 0 Å². The number of aliphatic hydroxyl groups excluding tert-OH is 1. The molecule has 0 saturated heterocycles. The summed E-state index contributed by atoms with van der Waals surface area (Å²) in [6, 6.07) is 0.422. The summed E-state index contributed by atoms with van der Waals surface area (Å²) in [7, 11) is 0. The van der Waals surface area contributed by atoms with Crippen molar-refractivity contribution in [1.82, 2.24) is 5.32 Å². The molecule has 1 aliphatic rings. The molecule has 0 heterocycles. The van der Waals surface area contributed by atoms with E-state index in [4.69, 9.17) is 5.11 Å². The minimum atomic E-state index is 0.0719. The fraction of sp³-hybridized carbons (Fsp3) is 0.538. The van der Waals surface area contributed by atoms with E-state index in [-0.39, 0.29) is 6.73 Å². The van der Waals surface area contributed by atoms with Gasteiger partial charge in [0.25, 0.3) is 0 Å². The third-order valence-electron chi connectivity index (χ3n) is 3.01. The standard InChI is InChI=1S/C13H21NO/c1-4-5-6-13-10(2)7-12(14-9-15)8-11(13)3/h4-6,10,12,14-15H,1,7-9H2,2-3H3/b6-5+. The molecule has 0 amide bonds. The van der Waals surface area contributed by atoms with Crippen LogP contribution in [-0.2, 0) is 0 Å². The van der Waals surface area contributed by atoms with Gasteiger partial charge in [-0.15, -0.1) is 0 Å². The average molecular weight is 207 g/mol. The summed E-state index contributed by atoms with van der Waals surface area (Å²) >= 11 is 0. The maximum absolute atomic E-state index is 8.84. The molecular weight excluding hydrogens is 186 g/mol. The van der Waals surface area contributed by atoms with E-state index in [0.717, 1.165) is 12.8 Å². The van der Waals surface area contributed by atoms with Gasteiger partial charge in [0, 0.05) is 6.04 Å². The first-order valence-corrected chi connectivity index (χ1v) is 5.52. The zero-order chi connectivity index (χ0) is 11.3. The van der Waals surface area contributed by atoms with E-state index in [1.54, 1.807) is 0 Å². The molecule has 0 bridgehead atoms. The Labute approximate surface area is 92.4 Å². The SMILES string of the molecule is C=C/C=C/C1=C(C)CC(NCO)CC1C. The van der Waals surface area contributed by atoms with Crippen molar-refractivity contribution in [2.24, 2.45) is 5.92 Å². The molecule has 2 nitrogen and oxygen atoms in total. The number of allylic oxidation sites excluding steroid dienone is 4. The molecule has 0 aromatic carbocycles. The minimum absolute atomic E-state index is 0.0719. The predicted octanol–water partition coefficient (Wildman–Crippen LogP) is 2.38. The molecule has 0 aromatic rings. The molecule has 2 unspecified atom stereocenters. The molecule has 15 heavy (non-hydrogen) atoms. The first-order valence-electron chi connectivity index (χ1n) is 5.52. The number of rotatable bonds is 4. The smallest absolute Gasteiger partial charge is 0.0933 e. The Hall–Kier alpha value is -0.860. The van der Waals surface area contributed by atoms with Crippen molar-refractivity contribution in [3.8, 4) is 0 Å². The third kappa shape index (κ3) is 3.33. The van der Waals surface area contributed by atoms with Crippen molar-refractivity contribution in [2.45, 2.75) is 32.7 Å². The van der Waals surface area contributed by atoms with Crippen LogP contribution >= 0.6 is 0 Å². The van der Waals surface area contributed by atoms with E-state index in [1.165, 1.54) is 11.1 Å². The second kappa shape index (κ2) is 5.89. The maximum atomic E-state index is 8.84. The normalized spacial score (nSPS) is 27.4. The lowest BCUT2D eigenvalue weighted by molar-refractivity contribution is 0.227. The summed E-state index contributed by atoms with van der Waals surface area (Å²) in [6.45, 7) is 8.16. The zero-order valence-corrected chi connectivity index (χ0v) is 9.66. The van der Waals surface area contributed by atoms with Gasteiger partial charge in [0.05, 0.1) is 6.73 Å². The summed E-state index contributed by atoms with van der Waals surface area (Å²) in [5.41, 5.74) is 2.84. The summed E-state index contributed by atoms with van der Waals surface area (Å²) in [5.74, 6) is 0.555. The molecule has 0 radical (unpaired) electrons. The summed E-state index contributed by atoms with van der Waals surface area (Å²) in [4.78, 5) is 0. The molecule has 0 spiro atoms. The highest BCUT2D eigenvalue weighted by atomic mass is 16.3. The van der Waals surface area contributed by atoms with Gasteiger partial charge in [-0.25, -0.2) is 0 Å². The molecule has 2 heteroatoms. The molecule has 2 atom stereocenters. The van der Waals surface area contributed by atoms with Gasteiger partial charge in [-0.3, -0.25) is 5.32 Å². The van der Waals surface area contributed by atoms with E-state index < -0.39 is 0 Å². The summed E-state index contributed by atoms with van der Waals surface area (Å²) in [5, 5.41) is 11.9. The van der Waals surface area contributed by atoms with Crippen LogP contribution in [0.4, 0.5) is 0 Å². The fourth-order valence-corrected chi connectivity index (χ4v) is 2.31. The van der Waals surface area contributed by atoms with Gasteiger partial charge >= 0.3 is 0 Å². The highest BCUT2D eigenvalue weighted by Crippen LogP contribution is 2.30. The van der Waals surface area contributed by atoms with Crippen LogP contribution in [0.2, 0.25) is 0 Å². The van der Waals surface area contributed by atoms with Crippen LogP contribution in [0.25, 0.3) is 0 Å². The van der Waals surface area contributed by atoms with E-state index >= 15 is 0 Å². The van der Waals surface area contributed by atoms with E-state index in [9.17, 15) is 0 Å². The predicted molar refractivity (Wildman–Crippen MR) is 64.4 cm³/mol. The van der Waals surface area contributed by atoms with Gasteiger partial charge in [0.15, 0.2) is 0 Å². The lowest BCUT2D eigenvalue weighted by atomic mass is 9.81. The van der Waals surface area contributed by atoms with Gasteiger partial charge in [-0.2, -0.15) is 0 Å². The van der Waals surface area contributed by atoms with Gasteiger partial charge in [-0.1, -0.05) is 37.3 Å². The molecule has 2 N–H and O–H groups in total. The second-order valence-corrected chi connectivity index (χ2v) is 4.23. The summed E-state index contributed by atoms with van der Waals surface area (Å²) < 4.78 is 0. The second-order valence-electron chi connectivity index (χ2n) is 4.23. The number of hydrogen-bond donors (Lipinski definition) is 2. The van der Waals surface area contributed by atoms with Gasteiger partial charge < -0.3 is 5.11 Å². The monoisotopic (exact) mass is 207 g/mol. The average Bonchev–Trinajstić information content (AvgIpc) is 2.17.